The molecule has 0 bridgehead atoms. The zero-order chi connectivity index (χ0) is 28.2. The minimum Gasteiger partial charge on any atom is -0.475 e. The third-order valence-electron chi connectivity index (χ3n) is 6.31. The highest BCUT2D eigenvalue weighted by Gasteiger charge is 2.34. The summed E-state index contributed by atoms with van der Waals surface area (Å²) in [6.45, 7) is 6.90. The lowest BCUT2D eigenvalue weighted by Gasteiger charge is -2.29. The average Bonchev–Trinajstić information content (AvgIpc) is 2.90. The number of ether oxygens (including phenoxy) is 2. The van der Waals surface area contributed by atoms with Gasteiger partial charge in [0.1, 0.15) is 5.69 Å². The Balaban J connectivity index is 1.63. The van der Waals surface area contributed by atoms with Gasteiger partial charge in [0.05, 0.1) is 31.1 Å². The summed E-state index contributed by atoms with van der Waals surface area (Å²) in [5.41, 5.74) is 2.64. The standard InChI is InChI=1S/C28H32F3N5O3/c1-5-39-27-25(36-10-12-38-13-11-36)16-24(33-34-27)22-15-21(9-6-18(22)2)32-26(37)19-7-8-20(17-35(3)4)23(14-19)28(29,30)31/h6-9,14-16H,5,10-13,17H2,1-4H3,(H,32,37). The molecule has 4 rings (SSSR count). The van der Waals surface area contributed by atoms with Crippen molar-refractivity contribution in [2.45, 2.75) is 26.6 Å². The maximum Gasteiger partial charge on any atom is 0.416 e. The second-order valence-corrected chi connectivity index (χ2v) is 9.54. The van der Waals surface area contributed by atoms with Crippen molar-refractivity contribution in [3.05, 3.63) is 64.7 Å². The predicted molar refractivity (Wildman–Crippen MR) is 143 cm³/mol. The minimum atomic E-state index is -4.58. The Morgan fingerprint density at radius 2 is 1.85 bits per heavy atom. The zero-order valence-corrected chi connectivity index (χ0v) is 22.4. The molecule has 1 fully saturated rings. The molecule has 1 aliphatic heterocycles. The van der Waals surface area contributed by atoms with Crippen molar-refractivity contribution in [1.82, 2.24) is 15.1 Å². The van der Waals surface area contributed by atoms with Crippen LogP contribution in [0.3, 0.4) is 0 Å². The lowest BCUT2D eigenvalue weighted by molar-refractivity contribution is -0.138. The molecule has 0 atom stereocenters. The number of halogens is 3. The molecule has 0 saturated carbocycles. The summed E-state index contributed by atoms with van der Waals surface area (Å²) in [5, 5.41) is 11.4. The van der Waals surface area contributed by atoms with Gasteiger partial charge in [-0.15, -0.1) is 10.2 Å². The Bertz CT molecular complexity index is 1320. The van der Waals surface area contributed by atoms with E-state index in [1.165, 1.54) is 12.1 Å². The number of rotatable bonds is 8. The van der Waals surface area contributed by atoms with Gasteiger partial charge in [-0.2, -0.15) is 13.2 Å². The third kappa shape index (κ3) is 6.85. The summed E-state index contributed by atoms with van der Waals surface area (Å²) in [6.07, 6.45) is -4.58. The SMILES string of the molecule is CCOc1nnc(-c2cc(NC(=O)c3ccc(CN(C)C)c(C(F)(F)F)c3)ccc2C)cc1N1CCOCC1. The first-order chi connectivity index (χ1) is 18.6. The van der Waals surface area contributed by atoms with Crippen molar-refractivity contribution in [2.75, 3.05) is 57.2 Å². The van der Waals surface area contributed by atoms with Gasteiger partial charge in [-0.1, -0.05) is 12.1 Å². The van der Waals surface area contributed by atoms with Crippen LogP contribution in [0.5, 0.6) is 5.88 Å². The number of benzene rings is 2. The molecule has 1 N–H and O–H groups in total. The molecule has 0 aliphatic carbocycles. The van der Waals surface area contributed by atoms with Gasteiger partial charge in [0.2, 0.25) is 0 Å². The summed E-state index contributed by atoms with van der Waals surface area (Å²) in [5.74, 6) is -0.207. The number of carbonyl (C=O) groups is 1. The maximum atomic E-state index is 13.7. The second kappa shape index (κ2) is 12.0. The average molecular weight is 544 g/mol. The topological polar surface area (TPSA) is 79.8 Å². The van der Waals surface area contributed by atoms with E-state index in [-0.39, 0.29) is 17.7 Å². The molecule has 0 spiro atoms. The van der Waals surface area contributed by atoms with E-state index in [2.05, 4.69) is 20.4 Å². The quantitative estimate of drug-likeness (QED) is 0.427. The van der Waals surface area contributed by atoms with E-state index < -0.39 is 17.6 Å². The molecule has 3 aromatic rings. The van der Waals surface area contributed by atoms with Crippen LogP contribution in [0, 0.1) is 6.92 Å². The minimum absolute atomic E-state index is 0.0811. The third-order valence-corrected chi connectivity index (χ3v) is 6.31. The van der Waals surface area contributed by atoms with Gasteiger partial charge in [0.25, 0.3) is 11.8 Å². The molecule has 39 heavy (non-hydrogen) atoms. The fourth-order valence-electron chi connectivity index (χ4n) is 4.41. The largest absolute Gasteiger partial charge is 0.475 e. The molecule has 8 nitrogen and oxygen atoms in total. The van der Waals surface area contributed by atoms with Crippen molar-refractivity contribution in [3.8, 4) is 17.1 Å². The van der Waals surface area contributed by atoms with Gasteiger partial charge in [0.15, 0.2) is 0 Å². The van der Waals surface area contributed by atoms with Gasteiger partial charge in [0, 0.05) is 36.4 Å². The van der Waals surface area contributed by atoms with Gasteiger partial charge < -0.3 is 24.6 Å². The number of aromatic nitrogens is 2. The number of nitrogens with zero attached hydrogens (tertiary/aromatic N) is 4. The normalized spacial score (nSPS) is 14.0. The number of hydrogen-bond donors (Lipinski definition) is 1. The molecular weight excluding hydrogens is 511 g/mol. The lowest BCUT2D eigenvalue weighted by atomic mass is 10.0. The van der Waals surface area contributed by atoms with Crippen LogP contribution < -0.4 is 15.0 Å². The molecule has 1 saturated heterocycles. The Labute approximate surface area is 225 Å². The first-order valence-corrected chi connectivity index (χ1v) is 12.7. The molecule has 1 aliphatic rings. The van der Waals surface area contributed by atoms with Crippen LogP contribution in [0.15, 0.2) is 42.5 Å². The molecule has 0 unspecified atom stereocenters. The van der Waals surface area contributed by atoms with Gasteiger partial charge in [-0.3, -0.25) is 4.79 Å². The Hall–Kier alpha value is -3.70. The van der Waals surface area contributed by atoms with E-state index in [4.69, 9.17) is 9.47 Å². The van der Waals surface area contributed by atoms with E-state index in [9.17, 15) is 18.0 Å². The summed E-state index contributed by atoms with van der Waals surface area (Å²) in [7, 11) is 3.38. The van der Waals surface area contributed by atoms with Crippen molar-refractivity contribution >= 4 is 17.3 Å². The van der Waals surface area contributed by atoms with Crippen LogP contribution in [-0.2, 0) is 17.5 Å². The van der Waals surface area contributed by atoms with Crippen LogP contribution >= 0.6 is 0 Å². The van der Waals surface area contributed by atoms with Crippen molar-refractivity contribution < 1.29 is 27.4 Å². The Morgan fingerprint density at radius 3 is 2.51 bits per heavy atom. The van der Waals surface area contributed by atoms with E-state index >= 15 is 0 Å². The van der Waals surface area contributed by atoms with E-state index in [1.54, 1.807) is 31.1 Å². The molecular formula is C28H32F3N5O3. The van der Waals surface area contributed by atoms with Gasteiger partial charge >= 0.3 is 6.18 Å². The number of carbonyl (C=O) groups excluding carboxylic acids is 1. The number of amides is 1. The lowest BCUT2D eigenvalue weighted by Crippen LogP contribution is -2.36. The Morgan fingerprint density at radius 1 is 1.10 bits per heavy atom. The fraction of sp³-hybridized carbons (Fsp3) is 0.393. The van der Waals surface area contributed by atoms with E-state index in [0.29, 0.717) is 50.2 Å². The molecule has 11 heteroatoms. The monoisotopic (exact) mass is 543 g/mol. The number of alkyl halides is 3. The number of anilines is 2. The summed E-state index contributed by atoms with van der Waals surface area (Å²) in [4.78, 5) is 16.8. The van der Waals surface area contributed by atoms with Crippen LogP contribution in [-0.4, -0.2) is 68.0 Å². The molecule has 1 amide bonds. The van der Waals surface area contributed by atoms with E-state index in [1.807, 2.05) is 26.0 Å². The summed E-state index contributed by atoms with van der Waals surface area (Å²) < 4.78 is 52.3. The second-order valence-electron chi connectivity index (χ2n) is 9.54. The fourth-order valence-corrected chi connectivity index (χ4v) is 4.41. The molecule has 2 aromatic carbocycles. The van der Waals surface area contributed by atoms with E-state index in [0.717, 1.165) is 22.9 Å². The van der Waals surface area contributed by atoms with Crippen molar-refractivity contribution in [3.63, 3.8) is 0 Å². The number of aryl methyl sites for hydroxylation is 1. The smallest absolute Gasteiger partial charge is 0.416 e. The van der Waals surface area contributed by atoms with Crippen LogP contribution in [0.1, 0.15) is 34.0 Å². The van der Waals surface area contributed by atoms with Crippen molar-refractivity contribution in [1.29, 1.82) is 0 Å². The van der Waals surface area contributed by atoms with Crippen LogP contribution in [0.2, 0.25) is 0 Å². The molecule has 0 radical (unpaired) electrons. The summed E-state index contributed by atoms with van der Waals surface area (Å²) in [6, 6.07) is 10.8. The zero-order valence-electron chi connectivity index (χ0n) is 22.4. The molecule has 208 valence electrons. The summed E-state index contributed by atoms with van der Waals surface area (Å²) >= 11 is 0. The number of morpholine rings is 1. The first kappa shape index (κ1) is 28.3. The molecule has 1 aromatic heterocycles. The van der Waals surface area contributed by atoms with Gasteiger partial charge in [-0.25, -0.2) is 0 Å². The predicted octanol–water partition coefficient (Wildman–Crippen LogP) is 5.02. The van der Waals surface area contributed by atoms with Crippen LogP contribution in [0.4, 0.5) is 24.5 Å². The highest BCUT2D eigenvalue weighted by molar-refractivity contribution is 6.04. The Kier molecular flexibility index (Phi) is 8.71. The van der Waals surface area contributed by atoms with Crippen LogP contribution in [0.25, 0.3) is 11.3 Å². The maximum absolute atomic E-state index is 13.7. The van der Waals surface area contributed by atoms with Crippen molar-refractivity contribution in [2.24, 2.45) is 0 Å². The molecule has 2 heterocycles. The first-order valence-electron chi connectivity index (χ1n) is 12.7. The number of nitrogens with one attached hydrogen (secondary N) is 1. The highest BCUT2D eigenvalue weighted by Crippen LogP contribution is 2.35. The highest BCUT2D eigenvalue weighted by atomic mass is 19.4. The van der Waals surface area contributed by atoms with Gasteiger partial charge in [-0.05, 0) is 69.4 Å². The number of hydrogen-bond acceptors (Lipinski definition) is 7.